The van der Waals surface area contributed by atoms with E-state index in [4.69, 9.17) is 0 Å². The highest BCUT2D eigenvalue weighted by atomic mass is 15.5. The van der Waals surface area contributed by atoms with Gasteiger partial charge in [-0.2, -0.15) is 0 Å². The zero-order valence-electron chi connectivity index (χ0n) is 15.4. The van der Waals surface area contributed by atoms with E-state index in [-0.39, 0.29) is 0 Å². The van der Waals surface area contributed by atoms with Crippen LogP contribution in [0.1, 0.15) is 39.2 Å². The van der Waals surface area contributed by atoms with Crippen molar-refractivity contribution >= 4 is 5.69 Å². The largest absolute Gasteiger partial charge is 0.385 e. The number of hydrogen-bond donors (Lipinski definition) is 1. The van der Waals surface area contributed by atoms with Crippen LogP contribution in [0.5, 0.6) is 0 Å². The Morgan fingerprint density at radius 1 is 1.17 bits per heavy atom. The highest BCUT2D eigenvalue weighted by Gasteiger charge is 2.11. The van der Waals surface area contributed by atoms with E-state index < -0.39 is 0 Å². The Morgan fingerprint density at radius 2 is 1.96 bits per heavy atom. The van der Waals surface area contributed by atoms with Crippen LogP contribution in [0.25, 0.3) is 11.4 Å². The maximum Gasteiger partial charge on any atom is 0.182 e. The molecule has 132 valence electrons. The molecule has 0 spiro atoms. The van der Waals surface area contributed by atoms with Crippen molar-refractivity contribution in [3.63, 3.8) is 0 Å². The number of nitrogens with zero attached hydrogens (tertiary/aromatic N) is 5. The quantitative estimate of drug-likeness (QED) is 0.678. The van der Waals surface area contributed by atoms with Crippen LogP contribution in [0.4, 0.5) is 5.69 Å². The molecule has 1 N–H and O–H groups in total. The van der Waals surface area contributed by atoms with Crippen molar-refractivity contribution in [3.8, 4) is 11.4 Å². The minimum Gasteiger partial charge on any atom is -0.385 e. The van der Waals surface area contributed by atoms with Gasteiger partial charge in [-0.25, -0.2) is 4.68 Å². The Kier molecular flexibility index (Phi) is 7.18. The van der Waals surface area contributed by atoms with Crippen LogP contribution >= 0.6 is 0 Å². The number of anilines is 1. The second-order valence-electron chi connectivity index (χ2n) is 6.06. The third-order valence-corrected chi connectivity index (χ3v) is 4.38. The molecule has 2 aromatic rings. The predicted octanol–water partition coefficient (Wildman–Crippen LogP) is 3.20. The van der Waals surface area contributed by atoms with Crippen LogP contribution in [-0.4, -0.2) is 51.3 Å². The number of benzene rings is 1. The average molecular weight is 330 g/mol. The number of tetrazole rings is 1. The standard InChI is InChI=1S/C18H30N6/c1-5-8-11-19-17-10-9-16(14-15(17)4)18-20-21-22-24(18)13-12-23(6-2)7-3/h9-10,14,19H,5-8,11-13H2,1-4H3. The van der Waals surface area contributed by atoms with Crippen molar-refractivity contribution < 1.29 is 0 Å². The molecule has 2 rings (SSSR count). The van der Waals surface area contributed by atoms with E-state index >= 15 is 0 Å². The van der Waals surface area contributed by atoms with Crippen molar-refractivity contribution in [1.29, 1.82) is 0 Å². The van der Waals surface area contributed by atoms with Gasteiger partial charge in [0.1, 0.15) is 0 Å². The van der Waals surface area contributed by atoms with E-state index in [1.54, 1.807) is 0 Å². The molecule has 0 radical (unpaired) electrons. The summed E-state index contributed by atoms with van der Waals surface area (Å²) in [7, 11) is 0. The molecule has 0 saturated carbocycles. The summed E-state index contributed by atoms with van der Waals surface area (Å²) in [5, 5.41) is 15.7. The minimum absolute atomic E-state index is 0.805. The van der Waals surface area contributed by atoms with Gasteiger partial charge in [-0.05, 0) is 60.6 Å². The van der Waals surface area contributed by atoms with E-state index in [0.717, 1.165) is 44.1 Å². The molecule has 0 fully saturated rings. The molecule has 0 unspecified atom stereocenters. The molecule has 0 aliphatic heterocycles. The lowest BCUT2D eigenvalue weighted by Crippen LogP contribution is -2.27. The monoisotopic (exact) mass is 330 g/mol. The van der Waals surface area contributed by atoms with Crippen molar-refractivity contribution in [3.05, 3.63) is 23.8 Å². The summed E-state index contributed by atoms with van der Waals surface area (Å²) >= 11 is 0. The molecular weight excluding hydrogens is 300 g/mol. The topological polar surface area (TPSA) is 58.9 Å². The molecule has 0 amide bonds. The molecule has 1 aromatic heterocycles. The predicted molar refractivity (Wildman–Crippen MR) is 99.2 cm³/mol. The van der Waals surface area contributed by atoms with E-state index in [2.05, 4.69) is 71.6 Å². The number of nitrogens with one attached hydrogen (secondary N) is 1. The van der Waals surface area contributed by atoms with Crippen LogP contribution in [0.15, 0.2) is 18.2 Å². The van der Waals surface area contributed by atoms with E-state index in [9.17, 15) is 0 Å². The van der Waals surface area contributed by atoms with Gasteiger partial charge >= 0.3 is 0 Å². The van der Waals surface area contributed by atoms with Gasteiger partial charge in [-0.15, -0.1) is 5.10 Å². The number of aromatic nitrogens is 4. The molecule has 1 aromatic carbocycles. The lowest BCUT2D eigenvalue weighted by molar-refractivity contribution is 0.285. The third-order valence-electron chi connectivity index (χ3n) is 4.38. The fourth-order valence-electron chi connectivity index (χ4n) is 2.74. The number of hydrogen-bond acceptors (Lipinski definition) is 5. The Bertz CT molecular complexity index is 618. The zero-order valence-corrected chi connectivity index (χ0v) is 15.4. The van der Waals surface area contributed by atoms with Gasteiger partial charge in [0, 0.05) is 24.3 Å². The third kappa shape index (κ3) is 4.77. The Hall–Kier alpha value is -1.95. The highest BCUT2D eigenvalue weighted by Crippen LogP contribution is 2.23. The van der Waals surface area contributed by atoms with Crippen LogP contribution in [0, 0.1) is 6.92 Å². The summed E-state index contributed by atoms with van der Waals surface area (Å²) in [4.78, 5) is 2.37. The van der Waals surface area contributed by atoms with Gasteiger partial charge in [0.2, 0.25) is 0 Å². The molecule has 0 aliphatic rings. The fourth-order valence-corrected chi connectivity index (χ4v) is 2.74. The van der Waals surface area contributed by atoms with Crippen molar-refractivity contribution in [2.45, 2.75) is 47.1 Å². The fraction of sp³-hybridized carbons (Fsp3) is 0.611. The summed E-state index contributed by atoms with van der Waals surface area (Å²) in [6, 6.07) is 6.39. The van der Waals surface area contributed by atoms with Gasteiger partial charge in [0.15, 0.2) is 5.82 Å². The molecule has 0 bridgehead atoms. The van der Waals surface area contributed by atoms with E-state index in [1.165, 1.54) is 24.1 Å². The lowest BCUT2D eigenvalue weighted by Gasteiger charge is -2.18. The van der Waals surface area contributed by atoms with Gasteiger partial charge in [-0.1, -0.05) is 27.2 Å². The van der Waals surface area contributed by atoms with Gasteiger partial charge in [0.25, 0.3) is 0 Å². The molecule has 0 atom stereocenters. The normalized spacial score (nSPS) is 11.2. The van der Waals surface area contributed by atoms with Gasteiger partial charge in [-0.3, -0.25) is 0 Å². The first-order valence-electron chi connectivity index (χ1n) is 9.03. The number of rotatable bonds is 10. The summed E-state index contributed by atoms with van der Waals surface area (Å²) < 4.78 is 1.90. The van der Waals surface area contributed by atoms with E-state index in [1.807, 2.05) is 4.68 Å². The lowest BCUT2D eigenvalue weighted by atomic mass is 10.1. The minimum atomic E-state index is 0.805. The Balaban J connectivity index is 2.09. The molecule has 0 saturated heterocycles. The maximum absolute atomic E-state index is 4.23. The van der Waals surface area contributed by atoms with Crippen LogP contribution in [0.3, 0.4) is 0 Å². The smallest absolute Gasteiger partial charge is 0.182 e. The highest BCUT2D eigenvalue weighted by molar-refractivity contribution is 5.63. The van der Waals surface area contributed by atoms with Crippen LogP contribution in [-0.2, 0) is 6.54 Å². The number of likely N-dealkylation sites (N-methyl/N-ethyl adjacent to an activating group) is 1. The molecule has 6 heteroatoms. The first-order chi connectivity index (χ1) is 11.7. The van der Waals surface area contributed by atoms with Crippen molar-refractivity contribution in [1.82, 2.24) is 25.1 Å². The number of aryl methyl sites for hydroxylation is 1. The molecular formula is C18H30N6. The van der Waals surface area contributed by atoms with Crippen molar-refractivity contribution in [2.75, 3.05) is 31.5 Å². The summed E-state index contributed by atoms with van der Waals surface area (Å²) in [6.07, 6.45) is 2.39. The van der Waals surface area contributed by atoms with Gasteiger partial charge in [0.05, 0.1) is 6.54 Å². The number of unbranched alkanes of at least 4 members (excludes halogenated alkanes) is 1. The molecule has 1 heterocycles. The first kappa shape index (κ1) is 18.4. The summed E-state index contributed by atoms with van der Waals surface area (Å²) in [5.74, 6) is 0.838. The molecule has 24 heavy (non-hydrogen) atoms. The van der Waals surface area contributed by atoms with Gasteiger partial charge < -0.3 is 10.2 Å². The second-order valence-corrected chi connectivity index (χ2v) is 6.06. The second kappa shape index (κ2) is 9.37. The maximum atomic E-state index is 4.23. The molecule has 0 aliphatic carbocycles. The Morgan fingerprint density at radius 3 is 2.62 bits per heavy atom. The zero-order chi connectivity index (χ0) is 17.4. The first-order valence-corrected chi connectivity index (χ1v) is 9.03. The average Bonchev–Trinajstić information content (AvgIpc) is 3.06. The van der Waals surface area contributed by atoms with Crippen molar-refractivity contribution in [2.24, 2.45) is 0 Å². The molecule has 6 nitrogen and oxygen atoms in total. The van der Waals surface area contributed by atoms with Crippen LogP contribution < -0.4 is 5.32 Å². The van der Waals surface area contributed by atoms with E-state index in [0.29, 0.717) is 0 Å². The SMILES string of the molecule is CCCCNc1ccc(-c2nnnn2CCN(CC)CC)cc1C. The summed E-state index contributed by atoms with van der Waals surface area (Å²) in [6.45, 7) is 13.6. The Labute approximate surface area is 145 Å². The summed E-state index contributed by atoms with van der Waals surface area (Å²) in [5.41, 5.74) is 3.48. The van der Waals surface area contributed by atoms with Crippen LogP contribution in [0.2, 0.25) is 0 Å².